The summed E-state index contributed by atoms with van der Waals surface area (Å²) in [6.07, 6.45) is 17.7. The van der Waals surface area contributed by atoms with Crippen LogP contribution in [0.1, 0.15) is 31.2 Å². The van der Waals surface area contributed by atoms with E-state index in [0.717, 1.165) is 43.1 Å². The second-order valence-electron chi connectivity index (χ2n) is 7.45. The number of fused-ring (bicyclic) bond motifs is 2. The van der Waals surface area contributed by atoms with Crippen LogP contribution in [0, 0.1) is 0 Å². The third-order valence-electron chi connectivity index (χ3n) is 5.67. The lowest BCUT2D eigenvalue weighted by atomic mass is 9.98. The van der Waals surface area contributed by atoms with Gasteiger partial charge in [-0.05, 0) is 54.2 Å². The Morgan fingerprint density at radius 2 is 1.86 bits per heavy atom. The van der Waals surface area contributed by atoms with Crippen LogP contribution in [0.5, 0.6) is 0 Å². The van der Waals surface area contributed by atoms with Crippen LogP contribution in [0.25, 0.3) is 10.9 Å². The molecule has 0 radical (unpaired) electrons. The minimum atomic E-state index is 0.211. The zero-order valence-electron chi connectivity index (χ0n) is 15.7. The normalized spacial score (nSPS) is 18.5. The lowest BCUT2D eigenvalue weighted by molar-refractivity contribution is 0.411. The van der Waals surface area contributed by atoms with Gasteiger partial charge < -0.3 is 16.4 Å². The van der Waals surface area contributed by atoms with Gasteiger partial charge in [-0.3, -0.25) is 0 Å². The molecule has 3 aliphatic rings. The number of hydrogen-bond donors (Lipinski definition) is 2. The number of anilines is 2. The van der Waals surface area contributed by atoms with Gasteiger partial charge in [-0.15, -0.1) is 0 Å². The molecule has 0 atom stereocenters. The highest BCUT2D eigenvalue weighted by Gasteiger charge is 2.25. The molecule has 0 saturated carbocycles. The van der Waals surface area contributed by atoms with E-state index in [0.29, 0.717) is 5.82 Å². The van der Waals surface area contributed by atoms with Crippen molar-refractivity contribution in [2.75, 3.05) is 11.5 Å². The van der Waals surface area contributed by atoms with Gasteiger partial charge in [0.2, 0.25) is 5.95 Å². The van der Waals surface area contributed by atoms with Crippen LogP contribution in [0.4, 0.5) is 11.8 Å². The van der Waals surface area contributed by atoms with Crippen molar-refractivity contribution in [3.8, 4) is 0 Å². The summed E-state index contributed by atoms with van der Waals surface area (Å²) >= 11 is 0. The fraction of sp³-hybridized carbons (Fsp3) is 0.217. The first kappa shape index (κ1) is 16.8. The zero-order valence-corrected chi connectivity index (χ0v) is 15.7. The van der Waals surface area contributed by atoms with Crippen LogP contribution in [-0.2, 0) is 6.54 Å². The zero-order chi connectivity index (χ0) is 19.1. The van der Waals surface area contributed by atoms with Crippen LogP contribution < -0.4 is 11.5 Å². The second kappa shape index (κ2) is 6.68. The van der Waals surface area contributed by atoms with Gasteiger partial charge in [0.05, 0.1) is 5.52 Å². The summed E-state index contributed by atoms with van der Waals surface area (Å²) in [6.45, 7) is 0.795. The van der Waals surface area contributed by atoms with Crippen LogP contribution in [0.2, 0.25) is 0 Å². The molecule has 4 N–H and O–H groups in total. The largest absolute Gasteiger partial charge is 0.383 e. The average Bonchev–Trinajstić information content (AvgIpc) is 2.86. The molecule has 0 amide bonds. The highest BCUT2D eigenvalue weighted by atomic mass is 15.2. The number of hydrogen-bond acceptors (Lipinski definition) is 5. The number of nitrogens with two attached hydrogens (primary N) is 2. The monoisotopic (exact) mass is 369 g/mol. The van der Waals surface area contributed by atoms with Gasteiger partial charge in [0.15, 0.2) is 0 Å². The van der Waals surface area contributed by atoms with E-state index in [4.69, 9.17) is 11.5 Å². The smallest absolute Gasteiger partial charge is 0.222 e. The van der Waals surface area contributed by atoms with Gasteiger partial charge in [-0.1, -0.05) is 36.4 Å². The Balaban J connectivity index is 1.58. The molecule has 2 aromatic rings. The molecule has 0 bridgehead atoms. The van der Waals surface area contributed by atoms with Crippen LogP contribution >= 0.6 is 0 Å². The van der Waals surface area contributed by atoms with Gasteiger partial charge in [0.1, 0.15) is 5.82 Å². The predicted octanol–water partition coefficient (Wildman–Crippen LogP) is 4.37. The molecule has 0 fully saturated rings. The van der Waals surface area contributed by atoms with Gasteiger partial charge in [-0.25, -0.2) is 4.98 Å². The summed E-state index contributed by atoms with van der Waals surface area (Å²) in [4.78, 5) is 10.9. The maximum absolute atomic E-state index is 6.10. The Hall–Kier alpha value is -3.34. The van der Waals surface area contributed by atoms with E-state index in [1.807, 2.05) is 6.07 Å². The number of aromatic nitrogens is 2. The van der Waals surface area contributed by atoms with E-state index < -0.39 is 0 Å². The van der Waals surface area contributed by atoms with Crippen LogP contribution in [0.3, 0.4) is 0 Å². The van der Waals surface area contributed by atoms with E-state index in [-0.39, 0.29) is 5.95 Å². The Bertz CT molecular complexity index is 1120. The third kappa shape index (κ3) is 2.89. The molecule has 2 aliphatic carbocycles. The number of nitrogens with zero attached hydrogens (tertiary/aromatic N) is 3. The van der Waals surface area contributed by atoms with Crippen molar-refractivity contribution in [1.29, 1.82) is 0 Å². The fourth-order valence-electron chi connectivity index (χ4n) is 4.27. The SMILES string of the molecule is Nc1nc(N)c2cc(CN3C4=CC=CCC4=CCC4=C3CC=CC4)ccc2n1. The van der Waals surface area contributed by atoms with E-state index in [1.54, 1.807) is 0 Å². The summed E-state index contributed by atoms with van der Waals surface area (Å²) in [7, 11) is 0. The quantitative estimate of drug-likeness (QED) is 0.768. The van der Waals surface area contributed by atoms with Crippen molar-refractivity contribution in [3.63, 3.8) is 0 Å². The summed E-state index contributed by atoms with van der Waals surface area (Å²) in [5.41, 5.74) is 19.5. The molecule has 1 aliphatic heterocycles. The van der Waals surface area contributed by atoms with E-state index in [9.17, 15) is 0 Å². The lowest BCUT2D eigenvalue weighted by Gasteiger charge is -2.33. The molecular weight excluding hydrogens is 346 g/mol. The minimum absolute atomic E-state index is 0.211. The molecule has 0 spiro atoms. The van der Waals surface area contributed by atoms with E-state index >= 15 is 0 Å². The highest BCUT2D eigenvalue weighted by molar-refractivity contribution is 5.89. The molecule has 0 unspecified atom stereocenters. The number of allylic oxidation sites excluding steroid dienone is 8. The molecule has 2 heterocycles. The molecule has 28 heavy (non-hydrogen) atoms. The first-order valence-electron chi connectivity index (χ1n) is 9.70. The maximum Gasteiger partial charge on any atom is 0.222 e. The Labute approximate surface area is 164 Å². The van der Waals surface area contributed by atoms with E-state index in [1.165, 1.54) is 28.1 Å². The molecular formula is C23H23N5. The first-order valence-corrected chi connectivity index (χ1v) is 9.70. The molecule has 140 valence electrons. The van der Waals surface area contributed by atoms with Crippen molar-refractivity contribution < 1.29 is 0 Å². The van der Waals surface area contributed by atoms with Gasteiger partial charge in [-0.2, -0.15) is 4.98 Å². The molecule has 5 nitrogen and oxygen atoms in total. The average molecular weight is 369 g/mol. The predicted molar refractivity (Wildman–Crippen MR) is 114 cm³/mol. The summed E-state index contributed by atoms with van der Waals surface area (Å²) < 4.78 is 0. The fourth-order valence-corrected chi connectivity index (χ4v) is 4.27. The first-order chi connectivity index (χ1) is 13.7. The van der Waals surface area contributed by atoms with Crippen LogP contribution in [-0.4, -0.2) is 14.9 Å². The summed E-state index contributed by atoms with van der Waals surface area (Å²) in [5, 5.41) is 0.854. The molecule has 5 heteroatoms. The standard InChI is InChI=1S/C23H23N5/c24-22-18-13-15(9-12-19(18)26-23(25)27-22)14-28-20-7-3-1-5-16(20)10-11-17-6-2-4-8-21(17)28/h1-4,7,9-10,12-13H,5-6,8,11,14H2,(H4,24,25,26,27). The van der Waals surface area contributed by atoms with Gasteiger partial charge >= 0.3 is 0 Å². The number of rotatable bonds is 2. The molecule has 0 saturated heterocycles. The van der Waals surface area contributed by atoms with E-state index in [2.05, 4.69) is 63.5 Å². The lowest BCUT2D eigenvalue weighted by Crippen LogP contribution is -2.24. The van der Waals surface area contributed by atoms with Gasteiger partial charge in [0, 0.05) is 29.7 Å². The van der Waals surface area contributed by atoms with Crippen molar-refractivity contribution in [2.24, 2.45) is 0 Å². The topological polar surface area (TPSA) is 81.1 Å². The molecule has 1 aromatic carbocycles. The van der Waals surface area contributed by atoms with Crippen molar-refractivity contribution in [2.45, 2.75) is 32.2 Å². The molecule has 5 rings (SSSR count). The third-order valence-corrected chi connectivity index (χ3v) is 5.67. The highest BCUT2D eigenvalue weighted by Crippen LogP contribution is 2.38. The Kier molecular flexibility index (Phi) is 4.01. The minimum Gasteiger partial charge on any atom is -0.383 e. The second-order valence-corrected chi connectivity index (χ2v) is 7.45. The summed E-state index contributed by atoms with van der Waals surface area (Å²) in [6, 6.07) is 6.19. The summed E-state index contributed by atoms with van der Waals surface area (Å²) in [5.74, 6) is 0.643. The van der Waals surface area contributed by atoms with Gasteiger partial charge in [0.25, 0.3) is 0 Å². The number of nitrogen functional groups attached to an aromatic ring is 2. The van der Waals surface area contributed by atoms with Crippen molar-refractivity contribution >= 4 is 22.7 Å². The van der Waals surface area contributed by atoms with Crippen molar-refractivity contribution in [3.05, 3.63) is 82.8 Å². The van der Waals surface area contributed by atoms with Crippen LogP contribution in [0.15, 0.2) is 77.2 Å². The number of benzene rings is 1. The Morgan fingerprint density at radius 3 is 2.79 bits per heavy atom. The Morgan fingerprint density at radius 1 is 0.964 bits per heavy atom. The molecule has 1 aromatic heterocycles. The van der Waals surface area contributed by atoms with Crippen molar-refractivity contribution in [1.82, 2.24) is 14.9 Å². The maximum atomic E-state index is 6.10.